The summed E-state index contributed by atoms with van der Waals surface area (Å²) in [5.41, 5.74) is -5.88. The topological polar surface area (TPSA) is 410 Å². The van der Waals surface area contributed by atoms with Crippen LogP contribution in [0.5, 0.6) is 0 Å². The molecule has 0 bridgehead atoms. The SMILES string of the molecule is O=C(O)CN(CCN(CC(=O)O)CC(=O)NC(P(=O)(O)O)P(=O)(O)O)CCN(CC(=O)O)CC(=O)NC(P(=O)(O)O)P(=O)(O)O. The molecule has 0 unspecified atom stereocenters. The van der Waals surface area contributed by atoms with Gasteiger partial charge in [0.2, 0.25) is 22.9 Å². The molecule has 2 amide bonds. The van der Waals surface area contributed by atoms with Crippen molar-refractivity contribution in [3.8, 4) is 0 Å². The van der Waals surface area contributed by atoms with Crippen LogP contribution in [0.25, 0.3) is 0 Å². The predicted molar refractivity (Wildman–Crippen MR) is 144 cm³/mol. The lowest BCUT2D eigenvalue weighted by Crippen LogP contribution is -2.48. The van der Waals surface area contributed by atoms with E-state index >= 15 is 0 Å². The Labute approximate surface area is 252 Å². The van der Waals surface area contributed by atoms with Gasteiger partial charge in [0.05, 0.1) is 32.7 Å². The van der Waals surface area contributed by atoms with Crippen molar-refractivity contribution in [3.63, 3.8) is 0 Å². The summed E-state index contributed by atoms with van der Waals surface area (Å²) in [5, 5.41) is 30.3. The highest BCUT2D eigenvalue weighted by Gasteiger charge is 2.45. The number of carbonyl (C=O) groups excluding carboxylic acids is 2. The van der Waals surface area contributed by atoms with Crippen molar-refractivity contribution in [2.75, 3.05) is 58.9 Å². The minimum Gasteiger partial charge on any atom is -0.480 e. The number of carbonyl (C=O) groups is 5. The third-order valence-corrected chi connectivity index (χ3v) is 11.8. The minimum atomic E-state index is -5.59. The molecule has 0 saturated carbocycles. The quantitative estimate of drug-likeness (QED) is 0.0461. The normalized spacial score (nSPS) is 13.1. The molecule has 0 aromatic rings. The van der Waals surface area contributed by atoms with E-state index in [9.17, 15) is 47.3 Å². The van der Waals surface area contributed by atoms with Crippen molar-refractivity contribution in [2.24, 2.45) is 0 Å². The van der Waals surface area contributed by atoms with Crippen molar-refractivity contribution in [1.29, 1.82) is 0 Å². The molecule has 0 aliphatic carbocycles. The summed E-state index contributed by atoms with van der Waals surface area (Å²) in [7, 11) is -22.4. The first-order chi connectivity index (χ1) is 20.1. The number of hydrogen-bond donors (Lipinski definition) is 13. The Kier molecular flexibility index (Phi) is 16.8. The summed E-state index contributed by atoms with van der Waals surface area (Å²) >= 11 is 0. The molecule has 0 aromatic heterocycles. The van der Waals surface area contributed by atoms with E-state index in [1.165, 1.54) is 10.6 Å². The zero-order valence-electron chi connectivity index (χ0n) is 22.7. The Hall–Kier alpha value is -2.17. The van der Waals surface area contributed by atoms with Gasteiger partial charge in [0.25, 0.3) is 0 Å². The Morgan fingerprint density at radius 1 is 0.444 bits per heavy atom. The first-order valence-corrected chi connectivity index (χ1v) is 18.5. The lowest BCUT2D eigenvalue weighted by molar-refractivity contribution is -0.141. The monoisotopic (exact) mass is 739 g/mol. The van der Waals surface area contributed by atoms with Gasteiger partial charge in [-0.3, -0.25) is 56.9 Å². The van der Waals surface area contributed by atoms with Crippen LogP contribution < -0.4 is 10.6 Å². The molecule has 0 aromatic carbocycles. The highest BCUT2D eigenvalue weighted by atomic mass is 31.2. The molecule has 262 valence electrons. The average Bonchev–Trinajstić information content (AvgIpc) is 2.78. The van der Waals surface area contributed by atoms with Gasteiger partial charge < -0.3 is 65.1 Å². The van der Waals surface area contributed by atoms with E-state index in [1.807, 2.05) is 0 Å². The van der Waals surface area contributed by atoms with Crippen LogP contribution in [0, 0.1) is 0 Å². The van der Waals surface area contributed by atoms with E-state index in [0.717, 1.165) is 14.7 Å². The van der Waals surface area contributed by atoms with Crippen molar-refractivity contribution >= 4 is 60.1 Å². The number of nitrogens with zero attached hydrogens (tertiary/aromatic N) is 3. The summed E-state index contributed by atoms with van der Waals surface area (Å²) in [6, 6.07) is 0. The van der Waals surface area contributed by atoms with Crippen molar-refractivity contribution in [1.82, 2.24) is 25.3 Å². The lowest BCUT2D eigenvalue weighted by atomic mass is 10.3. The molecule has 13 N–H and O–H groups in total. The van der Waals surface area contributed by atoms with Gasteiger partial charge in [-0.1, -0.05) is 0 Å². The lowest BCUT2D eigenvalue weighted by Gasteiger charge is -2.28. The third-order valence-electron chi connectivity index (χ3n) is 5.13. The van der Waals surface area contributed by atoms with Gasteiger partial charge in [-0.15, -0.1) is 0 Å². The van der Waals surface area contributed by atoms with Gasteiger partial charge in [0.15, 0.2) is 0 Å². The fourth-order valence-electron chi connectivity index (χ4n) is 3.35. The van der Waals surface area contributed by atoms with Gasteiger partial charge in [-0.25, -0.2) is 0 Å². The summed E-state index contributed by atoms with van der Waals surface area (Å²) in [4.78, 5) is 134. The minimum absolute atomic E-state index is 0.404. The molecule has 0 heterocycles. The van der Waals surface area contributed by atoms with Gasteiger partial charge in [-0.2, -0.15) is 0 Å². The Morgan fingerprint density at radius 3 is 0.889 bits per heavy atom. The van der Waals surface area contributed by atoms with Crippen molar-refractivity contribution in [3.05, 3.63) is 0 Å². The second kappa shape index (κ2) is 17.7. The summed E-state index contributed by atoms with van der Waals surface area (Å²) in [6.07, 6.45) is 0. The summed E-state index contributed by atoms with van der Waals surface area (Å²) < 4.78 is 45.5. The summed E-state index contributed by atoms with van der Waals surface area (Å²) in [5.74, 6) is -7.41. The fourth-order valence-corrected chi connectivity index (χ4v) is 7.74. The zero-order chi connectivity index (χ0) is 35.6. The van der Waals surface area contributed by atoms with E-state index in [-0.39, 0.29) is 0 Å². The molecule has 0 atom stereocenters. The van der Waals surface area contributed by atoms with Crippen LogP contribution >= 0.6 is 30.4 Å². The van der Waals surface area contributed by atoms with Gasteiger partial charge >= 0.3 is 48.3 Å². The average molecular weight is 739 g/mol. The number of nitrogens with one attached hydrogen (secondary N) is 2. The molecule has 0 aliphatic rings. The molecule has 0 rings (SSSR count). The van der Waals surface area contributed by atoms with E-state index in [0.29, 0.717) is 0 Å². The standard InChI is InChI=1S/C16H33N5O20P4/c22-10(17-15(42(30,31)32)43(33,34)35)5-20(8-13(26)27)3-1-19(7-12(24)25)2-4-21(9-14(28)29)6-11(23)18-16(44(36,37)38)45(39,40)41/h15-16H,1-9H2,(H,17,22)(H,18,23)(H,24,25)(H,26,27)(H,28,29)(H2,30,31,32)(H2,33,34,35)(H2,36,37,38)(H2,39,40,41). The third kappa shape index (κ3) is 18.5. The number of hydrogen-bond acceptors (Lipinski definition) is 12. The van der Waals surface area contributed by atoms with E-state index in [2.05, 4.69) is 0 Å². The smallest absolute Gasteiger partial charge is 0.360 e. The predicted octanol–water partition coefficient (Wildman–Crippen LogP) is -5.34. The highest BCUT2D eigenvalue weighted by Crippen LogP contribution is 2.59. The maximum Gasteiger partial charge on any atom is 0.360 e. The van der Waals surface area contributed by atoms with E-state index in [4.69, 9.17) is 49.4 Å². The van der Waals surface area contributed by atoms with E-state index in [1.54, 1.807) is 0 Å². The van der Waals surface area contributed by atoms with Crippen LogP contribution in [0.3, 0.4) is 0 Å². The van der Waals surface area contributed by atoms with Crippen LogP contribution in [-0.2, 0) is 42.2 Å². The van der Waals surface area contributed by atoms with Crippen molar-refractivity contribution in [2.45, 2.75) is 11.0 Å². The molecule has 0 radical (unpaired) electrons. The van der Waals surface area contributed by atoms with Gasteiger partial charge in [0.1, 0.15) is 0 Å². The maximum absolute atomic E-state index is 12.2. The molecule has 0 spiro atoms. The second-order valence-electron chi connectivity index (χ2n) is 9.12. The largest absolute Gasteiger partial charge is 0.480 e. The second-order valence-corrected chi connectivity index (χ2v) is 16.7. The molecule has 25 nitrogen and oxygen atoms in total. The molecular formula is C16H33N5O20P4. The number of rotatable bonds is 22. The fraction of sp³-hybridized carbons (Fsp3) is 0.688. The molecule has 0 aliphatic heterocycles. The van der Waals surface area contributed by atoms with Crippen LogP contribution in [0.1, 0.15) is 0 Å². The zero-order valence-corrected chi connectivity index (χ0v) is 26.3. The first kappa shape index (κ1) is 42.8. The number of carboxylic acids is 3. The number of carboxylic acid groups (broad SMARTS) is 3. The van der Waals surface area contributed by atoms with Crippen molar-refractivity contribution < 1.29 is 96.7 Å². The first-order valence-electron chi connectivity index (χ1n) is 11.7. The molecular weight excluding hydrogens is 706 g/mol. The van der Waals surface area contributed by atoms with Gasteiger partial charge in [-0.05, 0) is 0 Å². The molecule has 45 heavy (non-hydrogen) atoms. The number of amides is 2. The van der Waals surface area contributed by atoms with Gasteiger partial charge in [0, 0.05) is 26.2 Å². The maximum atomic E-state index is 12.2. The summed E-state index contributed by atoms with van der Waals surface area (Å²) in [6.45, 7) is -6.43. The van der Waals surface area contributed by atoms with E-state index < -0.39 is 130 Å². The molecule has 0 fully saturated rings. The van der Waals surface area contributed by atoms with Crippen LogP contribution in [0.15, 0.2) is 0 Å². The number of aliphatic carboxylic acids is 3. The Morgan fingerprint density at radius 2 is 0.667 bits per heavy atom. The van der Waals surface area contributed by atoms with Crippen LogP contribution in [-0.4, -0.2) is 169 Å². The molecule has 29 heteroatoms. The Bertz CT molecular complexity index is 1140. The van der Waals surface area contributed by atoms with Crippen LogP contribution in [0.4, 0.5) is 0 Å². The molecule has 0 saturated heterocycles. The highest BCUT2D eigenvalue weighted by molar-refractivity contribution is 7.71. The Balaban J connectivity index is 5.70. The van der Waals surface area contributed by atoms with Crippen LogP contribution in [0.2, 0.25) is 0 Å².